The third-order valence-electron chi connectivity index (χ3n) is 4.43. The largest absolute Gasteiger partial charge is 0.375 e. The maximum Gasteiger partial charge on any atom is 0.136 e. The Labute approximate surface area is 120 Å². The molecule has 1 saturated heterocycles. The van der Waals surface area contributed by atoms with Crippen LogP contribution in [-0.4, -0.2) is 31.6 Å². The van der Waals surface area contributed by atoms with E-state index >= 15 is 0 Å². The van der Waals surface area contributed by atoms with E-state index in [1.807, 2.05) is 0 Å². The van der Waals surface area contributed by atoms with Crippen LogP contribution in [0.4, 0.5) is 0 Å². The number of rotatable bonds is 4. The van der Waals surface area contributed by atoms with E-state index in [1.165, 1.54) is 17.5 Å². The van der Waals surface area contributed by atoms with Crippen LogP contribution in [0.1, 0.15) is 42.7 Å². The Balaban J connectivity index is 1.59. The van der Waals surface area contributed by atoms with Crippen molar-refractivity contribution in [3.05, 3.63) is 35.4 Å². The van der Waals surface area contributed by atoms with Crippen molar-refractivity contribution in [2.45, 2.75) is 44.1 Å². The van der Waals surface area contributed by atoms with E-state index in [0.29, 0.717) is 24.5 Å². The van der Waals surface area contributed by atoms with Crippen LogP contribution in [0, 0.1) is 0 Å². The number of nitrogens with one attached hydrogen (secondary N) is 1. The normalized spacial score (nSPS) is 26.0. The second-order valence-corrected chi connectivity index (χ2v) is 5.93. The van der Waals surface area contributed by atoms with E-state index < -0.39 is 0 Å². The highest BCUT2D eigenvalue weighted by Crippen LogP contribution is 2.34. The minimum Gasteiger partial charge on any atom is -0.375 e. The van der Waals surface area contributed by atoms with E-state index in [9.17, 15) is 4.79 Å². The number of carbonyl (C=O) groups excluding carboxylic acids is 1. The topological polar surface area (TPSA) is 38.3 Å². The number of hydrogen-bond donors (Lipinski definition) is 1. The number of morpholine rings is 1. The molecule has 0 radical (unpaired) electrons. The maximum atomic E-state index is 12.3. The van der Waals surface area contributed by atoms with Crippen LogP contribution < -0.4 is 5.32 Å². The fourth-order valence-corrected chi connectivity index (χ4v) is 3.43. The number of ketones is 1. The summed E-state index contributed by atoms with van der Waals surface area (Å²) in [6.45, 7) is 2.44. The molecule has 1 N–H and O–H groups in total. The van der Waals surface area contributed by atoms with Gasteiger partial charge in [-0.25, -0.2) is 0 Å². The van der Waals surface area contributed by atoms with Crippen LogP contribution in [0.2, 0.25) is 0 Å². The fourth-order valence-electron chi connectivity index (χ4n) is 3.43. The van der Waals surface area contributed by atoms with Crippen LogP contribution in [-0.2, 0) is 16.0 Å². The van der Waals surface area contributed by atoms with Crippen molar-refractivity contribution in [3.8, 4) is 0 Å². The predicted molar refractivity (Wildman–Crippen MR) is 79.0 cm³/mol. The highest BCUT2D eigenvalue weighted by Gasteiger charge is 2.24. The number of fused-ring (bicyclic) bond motifs is 1. The molecule has 20 heavy (non-hydrogen) atoms. The standard InChI is InChI=1S/C17H23NO2/c19-15(11-16-12-18-8-9-20-16)10-14-6-3-5-13-4-1-2-7-17(13)14/h1-2,4,7,14,16,18H,3,5-6,8-12H2. The van der Waals surface area contributed by atoms with E-state index in [-0.39, 0.29) is 6.10 Å². The zero-order valence-corrected chi connectivity index (χ0v) is 11.9. The van der Waals surface area contributed by atoms with Gasteiger partial charge in [0, 0.05) is 25.9 Å². The SMILES string of the molecule is O=C(CC1CNCCO1)CC1CCCc2ccccc21. The molecule has 0 amide bonds. The Morgan fingerprint density at radius 3 is 3.05 bits per heavy atom. The average molecular weight is 273 g/mol. The number of Topliss-reactive ketones (excluding diaryl/α,β-unsaturated/α-hetero) is 1. The molecule has 0 saturated carbocycles. The lowest BCUT2D eigenvalue weighted by molar-refractivity contribution is -0.122. The first-order valence-corrected chi connectivity index (χ1v) is 7.75. The van der Waals surface area contributed by atoms with Crippen LogP contribution in [0.3, 0.4) is 0 Å². The van der Waals surface area contributed by atoms with E-state index in [1.54, 1.807) is 0 Å². The first kappa shape index (κ1) is 13.8. The van der Waals surface area contributed by atoms with E-state index in [2.05, 4.69) is 29.6 Å². The Hall–Kier alpha value is -1.19. The molecule has 1 heterocycles. The van der Waals surface area contributed by atoms with Gasteiger partial charge >= 0.3 is 0 Å². The third-order valence-corrected chi connectivity index (χ3v) is 4.43. The Bertz CT molecular complexity index is 466. The van der Waals surface area contributed by atoms with Gasteiger partial charge in [0.1, 0.15) is 5.78 Å². The summed E-state index contributed by atoms with van der Waals surface area (Å²) in [5, 5.41) is 3.28. The van der Waals surface area contributed by atoms with Crippen molar-refractivity contribution in [2.24, 2.45) is 0 Å². The summed E-state index contributed by atoms with van der Waals surface area (Å²) in [7, 11) is 0. The van der Waals surface area contributed by atoms with Crippen molar-refractivity contribution in [2.75, 3.05) is 19.7 Å². The summed E-state index contributed by atoms with van der Waals surface area (Å²) in [5.41, 5.74) is 2.84. The van der Waals surface area contributed by atoms with Crippen LogP contribution in [0.25, 0.3) is 0 Å². The minimum atomic E-state index is 0.0788. The summed E-state index contributed by atoms with van der Waals surface area (Å²) in [5.74, 6) is 0.768. The molecule has 1 aliphatic heterocycles. The van der Waals surface area contributed by atoms with Crippen LogP contribution in [0.5, 0.6) is 0 Å². The predicted octanol–water partition coefficient (Wildman–Crippen LogP) is 2.44. The number of carbonyl (C=O) groups is 1. The summed E-state index contributed by atoms with van der Waals surface area (Å²) in [6.07, 6.45) is 4.83. The first-order valence-electron chi connectivity index (χ1n) is 7.75. The number of aryl methyl sites for hydroxylation is 1. The molecule has 1 fully saturated rings. The maximum absolute atomic E-state index is 12.3. The quantitative estimate of drug-likeness (QED) is 0.915. The number of benzene rings is 1. The zero-order chi connectivity index (χ0) is 13.8. The molecule has 3 rings (SSSR count). The Morgan fingerprint density at radius 2 is 2.20 bits per heavy atom. The van der Waals surface area contributed by atoms with Crippen LogP contribution in [0.15, 0.2) is 24.3 Å². The molecule has 2 aliphatic rings. The van der Waals surface area contributed by atoms with Gasteiger partial charge in [0.2, 0.25) is 0 Å². The molecule has 108 valence electrons. The van der Waals surface area contributed by atoms with Gasteiger partial charge in [-0.05, 0) is 36.3 Å². The molecular formula is C17H23NO2. The summed E-state index contributed by atoms with van der Waals surface area (Å²) >= 11 is 0. The number of ether oxygens (including phenoxy) is 1. The lowest BCUT2D eigenvalue weighted by atomic mass is 9.80. The molecular weight excluding hydrogens is 250 g/mol. The van der Waals surface area contributed by atoms with Gasteiger partial charge in [0.15, 0.2) is 0 Å². The fraction of sp³-hybridized carbons (Fsp3) is 0.588. The van der Waals surface area contributed by atoms with E-state index in [0.717, 1.165) is 32.5 Å². The summed E-state index contributed by atoms with van der Waals surface area (Å²) < 4.78 is 5.62. The van der Waals surface area contributed by atoms with Crippen LogP contribution >= 0.6 is 0 Å². The monoisotopic (exact) mass is 273 g/mol. The second kappa shape index (κ2) is 6.51. The summed E-state index contributed by atoms with van der Waals surface area (Å²) in [4.78, 5) is 12.3. The Morgan fingerprint density at radius 1 is 1.30 bits per heavy atom. The molecule has 2 atom stereocenters. The minimum absolute atomic E-state index is 0.0788. The lowest BCUT2D eigenvalue weighted by Gasteiger charge is -2.26. The van der Waals surface area contributed by atoms with Gasteiger partial charge in [0.25, 0.3) is 0 Å². The highest BCUT2D eigenvalue weighted by molar-refractivity contribution is 5.80. The van der Waals surface area contributed by atoms with Crippen molar-refractivity contribution >= 4 is 5.78 Å². The average Bonchev–Trinajstić information content (AvgIpc) is 2.48. The van der Waals surface area contributed by atoms with Gasteiger partial charge in [-0.1, -0.05) is 24.3 Å². The van der Waals surface area contributed by atoms with Crippen molar-refractivity contribution in [3.63, 3.8) is 0 Å². The first-order chi connectivity index (χ1) is 9.83. The Kier molecular flexibility index (Phi) is 4.48. The van der Waals surface area contributed by atoms with Gasteiger partial charge in [-0.3, -0.25) is 4.79 Å². The van der Waals surface area contributed by atoms with Crippen molar-refractivity contribution in [1.29, 1.82) is 0 Å². The third kappa shape index (κ3) is 3.28. The van der Waals surface area contributed by atoms with Gasteiger partial charge < -0.3 is 10.1 Å². The van der Waals surface area contributed by atoms with Crippen molar-refractivity contribution in [1.82, 2.24) is 5.32 Å². The molecule has 1 aromatic rings. The van der Waals surface area contributed by atoms with Gasteiger partial charge in [-0.2, -0.15) is 0 Å². The molecule has 1 aliphatic carbocycles. The number of hydrogen-bond acceptors (Lipinski definition) is 3. The smallest absolute Gasteiger partial charge is 0.136 e. The summed E-state index contributed by atoms with van der Waals surface area (Å²) in [6, 6.07) is 8.60. The zero-order valence-electron chi connectivity index (χ0n) is 11.9. The molecule has 3 heteroatoms. The highest BCUT2D eigenvalue weighted by atomic mass is 16.5. The lowest BCUT2D eigenvalue weighted by Crippen LogP contribution is -2.39. The molecule has 0 aromatic heterocycles. The van der Waals surface area contributed by atoms with Gasteiger partial charge in [0.05, 0.1) is 12.7 Å². The second-order valence-electron chi connectivity index (χ2n) is 5.93. The molecule has 0 spiro atoms. The molecule has 1 aromatic carbocycles. The molecule has 0 bridgehead atoms. The van der Waals surface area contributed by atoms with E-state index in [4.69, 9.17) is 4.74 Å². The molecule has 2 unspecified atom stereocenters. The van der Waals surface area contributed by atoms with Gasteiger partial charge in [-0.15, -0.1) is 0 Å². The van der Waals surface area contributed by atoms with Crippen molar-refractivity contribution < 1.29 is 9.53 Å². The molecule has 3 nitrogen and oxygen atoms in total.